The molecule has 1 N–H and O–H groups in total. The summed E-state index contributed by atoms with van der Waals surface area (Å²) in [7, 11) is -1.39. The molecule has 1 aliphatic rings. The van der Waals surface area contributed by atoms with Crippen LogP contribution in [0.4, 0.5) is 0 Å². The fraction of sp³-hybridized carbons (Fsp3) is 0.409. The fourth-order valence-corrected chi connectivity index (χ4v) is 4.61. The van der Waals surface area contributed by atoms with Gasteiger partial charge in [-0.2, -0.15) is 0 Å². The summed E-state index contributed by atoms with van der Waals surface area (Å²) in [4.78, 5) is 15.0. The molecule has 1 heterocycles. The first-order valence-electron chi connectivity index (χ1n) is 9.96. The Labute approximate surface area is 177 Å². The molecule has 0 saturated carbocycles. The number of benzene rings is 2. The van der Waals surface area contributed by atoms with Gasteiger partial charge in [0.15, 0.2) is 9.84 Å². The monoisotopic (exact) mass is 432 g/mol. The number of carbonyl (C=O) groups is 1. The molecule has 1 amide bonds. The van der Waals surface area contributed by atoms with Gasteiger partial charge in [-0.1, -0.05) is 42.5 Å². The number of rotatable bonds is 9. The van der Waals surface area contributed by atoms with Gasteiger partial charge in [-0.05, 0) is 23.3 Å². The maximum Gasteiger partial charge on any atom is 0.242 e. The van der Waals surface area contributed by atoms with Crippen LogP contribution in [0.1, 0.15) is 17.2 Å². The second-order valence-corrected chi connectivity index (χ2v) is 9.51. The maximum atomic E-state index is 13.1. The van der Waals surface area contributed by atoms with Gasteiger partial charge in [0, 0.05) is 26.7 Å². The topological polar surface area (TPSA) is 84.9 Å². The zero-order valence-electron chi connectivity index (χ0n) is 17.1. The minimum absolute atomic E-state index is 0.0775. The Kier molecular flexibility index (Phi) is 7.84. The number of sulfone groups is 1. The molecule has 7 nitrogen and oxygen atoms in total. The average Bonchev–Trinajstić information content (AvgIpc) is 2.75. The largest absolute Gasteiger partial charge is 0.491 e. The average molecular weight is 433 g/mol. The Morgan fingerprint density at radius 2 is 1.70 bits per heavy atom. The summed E-state index contributed by atoms with van der Waals surface area (Å²) in [6.07, 6.45) is 0. The van der Waals surface area contributed by atoms with Gasteiger partial charge in [-0.25, -0.2) is 8.42 Å². The van der Waals surface area contributed by atoms with Crippen molar-refractivity contribution in [3.05, 3.63) is 65.7 Å². The molecule has 3 rings (SSSR count). The maximum absolute atomic E-state index is 13.1. The lowest BCUT2D eigenvalue weighted by atomic mass is 10.0. The van der Waals surface area contributed by atoms with Crippen molar-refractivity contribution in [2.45, 2.75) is 12.6 Å². The van der Waals surface area contributed by atoms with Gasteiger partial charge in [-0.15, -0.1) is 0 Å². The smallest absolute Gasteiger partial charge is 0.242 e. The standard InChI is InChI=1S/C22H28N2O5S/c1-28-13-14-29-20-9-7-18(8-10-20)17-23-22(25)21(19-5-3-2-4-6-19)24-11-15-30(26,27)16-12-24/h2-10,21H,11-17H2,1H3,(H,23,25). The highest BCUT2D eigenvalue weighted by Gasteiger charge is 2.32. The first kappa shape index (κ1) is 22.3. The molecule has 0 aliphatic carbocycles. The molecule has 0 bridgehead atoms. The van der Waals surface area contributed by atoms with Gasteiger partial charge >= 0.3 is 0 Å². The summed E-state index contributed by atoms with van der Waals surface area (Å²) in [5.74, 6) is 0.766. The van der Waals surface area contributed by atoms with Crippen molar-refractivity contribution in [1.29, 1.82) is 0 Å². The van der Waals surface area contributed by atoms with Crippen LogP contribution in [0.15, 0.2) is 54.6 Å². The van der Waals surface area contributed by atoms with E-state index in [1.807, 2.05) is 59.5 Å². The van der Waals surface area contributed by atoms with E-state index in [1.54, 1.807) is 7.11 Å². The van der Waals surface area contributed by atoms with Gasteiger partial charge < -0.3 is 14.8 Å². The molecule has 1 fully saturated rings. The molecule has 0 spiro atoms. The van der Waals surface area contributed by atoms with E-state index in [2.05, 4.69) is 5.32 Å². The third-order valence-corrected chi connectivity index (χ3v) is 6.66. The minimum atomic E-state index is -3.02. The summed E-state index contributed by atoms with van der Waals surface area (Å²) in [6.45, 7) is 2.09. The van der Waals surface area contributed by atoms with E-state index < -0.39 is 15.9 Å². The van der Waals surface area contributed by atoms with Crippen molar-refractivity contribution in [2.75, 3.05) is 44.9 Å². The lowest BCUT2D eigenvalue weighted by Gasteiger charge is -2.33. The lowest BCUT2D eigenvalue weighted by molar-refractivity contribution is -0.126. The summed E-state index contributed by atoms with van der Waals surface area (Å²) >= 11 is 0. The molecule has 1 atom stereocenters. The molecule has 2 aromatic carbocycles. The summed E-state index contributed by atoms with van der Waals surface area (Å²) in [5.41, 5.74) is 1.81. The summed E-state index contributed by atoms with van der Waals surface area (Å²) in [5, 5.41) is 3.00. The molecular formula is C22H28N2O5S. The third-order valence-electron chi connectivity index (χ3n) is 5.05. The molecular weight excluding hydrogens is 404 g/mol. The molecule has 162 valence electrons. The highest BCUT2D eigenvalue weighted by atomic mass is 32.2. The Bertz CT molecular complexity index is 902. The number of carbonyl (C=O) groups excluding carboxylic acids is 1. The molecule has 1 unspecified atom stereocenters. The van der Waals surface area contributed by atoms with Crippen molar-refractivity contribution in [3.8, 4) is 5.75 Å². The van der Waals surface area contributed by atoms with Gasteiger partial charge in [0.05, 0.1) is 18.1 Å². The summed E-state index contributed by atoms with van der Waals surface area (Å²) in [6, 6.07) is 16.5. The van der Waals surface area contributed by atoms with E-state index >= 15 is 0 Å². The lowest BCUT2D eigenvalue weighted by Crippen LogP contribution is -2.47. The number of ether oxygens (including phenoxy) is 2. The molecule has 0 radical (unpaired) electrons. The zero-order chi connectivity index (χ0) is 21.4. The number of hydrogen-bond acceptors (Lipinski definition) is 6. The van der Waals surface area contributed by atoms with Gasteiger partial charge in [0.25, 0.3) is 0 Å². The van der Waals surface area contributed by atoms with E-state index in [0.717, 1.165) is 16.9 Å². The minimum Gasteiger partial charge on any atom is -0.491 e. The molecule has 2 aromatic rings. The number of nitrogens with zero attached hydrogens (tertiary/aromatic N) is 1. The Morgan fingerprint density at radius 1 is 1.03 bits per heavy atom. The zero-order valence-corrected chi connectivity index (χ0v) is 17.9. The Morgan fingerprint density at radius 3 is 2.33 bits per heavy atom. The van der Waals surface area contributed by atoms with Crippen molar-refractivity contribution < 1.29 is 22.7 Å². The Hall–Kier alpha value is -2.42. The van der Waals surface area contributed by atoms with Crippen LogP contribution in [-0.2, 0) is 25.9 Å². The Balaban J connectivity index is 1.64. The van der Waals surface area contributed by atoms with Crippen LogP contribution in [0.3, 0.4) is 0 Å². The number of methoxy groups -OCH3 is 1. The second kappa shape index (κ2) is 10.6. The van der Waals surface area contributed by atoms with Crippen LogP contribution >= 0.6 is 0 Å². The molecule has 30 heavy (non-hydrogen) atoms. The highest BCUT2D eigenvalue weighted by Crippen LogP contribution is 2.23. The quantitative estimate of drug-likeness (QED) is 0.609. The van der Waals surface area contributed by atoms with Crippen LogP contribution in [0, 0.1) is 0 Å². The molecule has 0 aromatic heterocycles. The molecule has 1 aliphatic heterocycles. The summed E-state index contributed by atoms with van der Waals surface area (Å²) < 4.78 is 34.1. The third kappa shape index (κ3) is 6.29. The second-order valence-electron chi connectivity index (χ2n) is 7.20. The van der Waals surface area contributed by atoms with E-state index in [1.165, 1.54) is 0 Å². The normalized spacial score (nSPS) is 17.2. The van der Waals surface area contributed by atoms with Crippen molar-refractivity contribution in [3.63, 3.8) is 0 Å². The van der Waals surface area contributed by atoms with Crippen molar-refractivity contribution in [1.82, 2.24) is 10.2 Å². The van der Waals surface area contributed by atoms with Crippen LogP contribution < -0.4 is 10.1 Å². The predicted octanol–water partition coefficient (Wildman–Crippen LogP) is 1.80. The van der Waals surface area contributed by atoms with Gasteiger partial charge in [0.1, 0.15) is 18.4 Å². The molecule has 1 saturated heterocycles. The van der Waals surface area contributed by atoms with E-state index in [-0.39, 0.29) is 17.4 Å². The molecule has 8 heteroatoms. The van der Waals surface area contributed by atoms with Crippen LogP contribution in [-0.4, -0.2) is 64.1 Å². The van der Waals surface area contributed by atoms with Crippen molar-refractivity contribution >= 4 is 15.7 Å². The van der Waals surface area contributed by atoms with Crippen LogP contribution in [0.5, 0.6) is 5.75 Å². The van der Waals surface area contributed by atoms with Crippen LogP contribution in [0.2, 0.25) is 0 Å². The SMILES string of the molecule is COCCOc1ccc(CNC(=O)C(c2ccccc2)N2CCS(=O)(=O)CC2)cc1. The number of nitrogens with one attached hydrogen (secondary N) is 1. The fourth-order valence-electron chi connectivity index (χ4n) is 3.38. The first-order valence-corrected chi connectivity index (χ1v) is 11.8. The van der Waals surface area contributed by atoms with E-state index in [0.29, 0.717) is 32.8 Å². The van der Waals surface area contributed by atoms with Gasteiger partial charge in [-0.3, -0.25) is 9.69 Å². The van der Waals surface area contributed by atoms with Crippen molar-refractivity contribution in [2.24, 2.45) is 0 Å². The predicted molar refractivity (Wildman–Crippen MR) is 115 cm³/mol. The number of amides is 1. The van der Waals surface area contributed by atoms with Gasteiger partial charge in [0.2, 0.25) is 5.91 Å². The van der Waals surface area contributed by atoms with Crippen LogP contribution in [0.25, 0.3) is 0 Å². The highest BCUT2D eigenvalue weighted by molar-refractivity contribution is 7.91. The number of hydrogen-bond donors (Lipinski definition) is 1. The van der Waals surface area contributed by atoms with E-state index in [9.17, 15) is 13.2 Å². The first-order chi connectivity index (χ1) is 14.5. The van der Waals surface area contributed by atoms with E-state index in [4.69, 9.17) is 9.47 Å².